The van der Waals surface area contributed by atoms with Gasteiger partial charge in [0.05, 0.1) is 0 Å². The van der Waals surface area contributed by atoms with Crippen molar-refractivity contribution in [3.05, 3.63) is 0 Å². The summed E-state index contributed by atoms with van der Waals surface area (Å²) in [5, 5.41) is 3.67. The van der Waals surface area contributed by atoms with E-state index in [2.05, 4.69) is 24.0 Å². The minimum atomic E-state index is 0.491. The van der Waals surface area contributed by atoms with Crippen molar-refractivity contribution in [1.29, 1.82) is 0 Å². The zero-order chi connectivity index (χ0) is 9.86. The number of rotatable bonds is 3. The van der Waals surface area contributed by atoms with Gasteiger partial charge < -0.3 is 5.32 Å². The molecular weight excluding hydrogens is 190 g/mol. The minimum absolute atomic E-state index is 0.491. The van der Waals surface area contributed by atoms with Gasteiger partial charge in [0.15, 0.2) is 0 Å². The third-order valence-corrected chi connectivity index (χ3v) is 4.95. The van der Waals surface area contributed by atoms with E-state index < -0.39 is 0 Å². The smallest absolute Gasteiger partial charge is 0.0153 e. The molecule has 82 valence electrons. The predicted octanol–water partition coefficient (Wildman–Crippen LogP) is 3.05. The molecule has 2 aliphatic rings. The molecule has 1 N–H and O–H groups in total. The van der Waals surface area contributed by atoms with Crippen LogP contribution in [0.1, 0.15) is 45.4 Å². The molecular formula is C12H23NS. The molecule has 0 radical (unpaired) electrons. The molecule has 2 heterocycles. The molecule has 2 fully saturated rings. The Kier molecular flexibility index (Phi) is 3.78. The maximum absolute atomic E-state index is 3.67. The van der Waals surface area contributed by atoms with E-state index in [0.29, 0.717) is 5.54 Å². The summed E-state index contributed by atoms with van der Waals surface area (Å²) in [4.78, 5) is 0. The van der Waals surface area contributed by atoms with Gasteiger partial charge in [0.25, 0.3) is 0 Å². The van der Waals surface area contributed by atoms with Gasteiger partial charge in [-0.15, -0.1) is 0 Å². The molecule has 2 rings (SSSR count). The van der Waals surface area contributed by atoms with E-state index in [1.807, 2.05) is 0 Å². The fourth-order valence-corrected chi connectivity index (χ4v) is 3.93. The second kappa shape index (κ2) is 4.89. The average molecular weight is 213 g/mol. The maximum Gasteiger partial charge on any atom is 0.0153 e. The Morgan fingerprint density at radius 1 is 1.36 bits per heavy atom. The molecule has 0 spiro atoms. The van der Waals surface area contributed by atoms with E-state index in [1.54, 1.807) is 0 Å². The summed E-state index contributed by atoms with van der Waals surface area (Å²) in [6.07, 6.45) is 8.60. The molecule has 2 heteroatoms. The normalized spacial score (nSPS) is 34.9. The van der Waals surface area contributed by atoms with Gasteiger partial charge in [-0.05, 0) is 69.4 Å². The molecule has 0 saturated carbocycles. The molecule has 0 aromatic carbocycles. The van der Waals surface area contributed by atoms with Crippen LogP contribution in [0.4, 0.5) is 0 Å². The zero-order valence-electron chi connectivity index (χ0n) is 9.35. The van der Waals surface area contributed by atoms with Crippen molar-refractivity contribution in [3.63, 3.8) is 0 Å². The zero-order valence-corrected chi connectivity index (χ0v) is 10.2. The Morgan fingerprint density at radius 2 is 2.14 bits per heavy atom. The van der Waals surface area contributed by atoms with Crippen molar-refractivity contribution < 1.29 is 0 Å². The second-order valence-corrected chi connectivity index (χ2v) is 6.41. The Morgan fingerprint density at radius 3 is 2.79 bits per heavy atom. The van der Waals surface area contributed by atoms with Crippen molar-refractivity contribution in [3.8, 4) is 0 Å². The third kappa shape index (κ3) is 2.90. The van der Waals surface area contributed by atoms with Crippen LogP contribution in [0, 0.1) is 5.92 Å². The highest BCUT2D eigenvalue weighted by Gasteiger charge is 2.28. The van der Waals surface area contributed by atoms with E-state index in [9.17, 15) is 0 Å². The lowest BCUT2D eigenvalue weighted by Gasteiger charge is -2.28. The predicted molar refractivity (Wildman–Crippen MR) is 64.9 cm³/mol. The molecule has 2 aliphatic heterocycles. The van der Waals surface area contributed by atoms with Crippen molar-refractivity contribution in [2.45, 2.75) is 51.0 Å². The highest BCUT2D eigenvalue weighted by atomic mass is 32.2. The average Bonchev–Trinajstić information content (AvgIpc) is 2.65. The maximum atomic E-state index is 3.67. The second-order valence-electron chi connectivity index (χ2n) is 5.19. The molecule has 0 aliphatic carbocycles. The summed E-state index contributed by atoms with van der Waals surface area (Å²) in [6, 6.07) is 0. The lowest BCUT2D eigenvalue weighted by Crippen LogP contribution is -2.36. The van der Waals surface area contributed by atoms with Gasteiger partial charge in [-0.1, -0.05) is 0 Å². The van der Waals surface area contributed by atoms with Crippen LogP contribution in [0.3, 0.4) is 0 Å². The first-order valence-electron chi connectivity index (χ1n) is 6.11. The van der Waals surface area contributed by atoms with Gasteiger partial charge in [-0.2, -0.15) is 11.8 Å². The van der Waals surface area contributed by atoms with Gasteiger partial charge in [-0.3, -0.25) is 0 Å². The fraction of sp³-hybridized carbons (Fsp3) is 1.00. The fourth-order valence-electron chi connectivity index (χ4n) is 2.73. The van der Waals surface area contributed by atoms with Crippen molar-refractivity contribution in [1.82, 2.24) is 5.32 Å². The van der Waals surface area contributed by atoms with E-state index >= 15 is 0 Å². The quantitative estimate of drug-likeness (QED) is 0.773. The molecule has 1 atom stereocenters. The lowest BCUT2D eigenvalue weighted by atomic mass is 9.87. The van der Waals surface area contributed by atoms with Crippen molar-refractivity contribution >= 4 is 11.8 Å². The van der Waals surface area contributed by atoms with Crippen LogP contribution >= 0.6 is 11.8 Å². The van der Waals surface area contributed by atoms with Crippen molar-refractivity contribution in [2.24, 2.45) is 5.92 Å². The molecule has 14 heavy (non-hydrogen) atoms. The van der Waals surface area contributed by atoms with Gasteiger partial charge in [0.1, 0.15) is 0 Å². The molecule has 0 aromatic rings. The lowest BCUT2D eigenvalue weighted by molar-refractivity contribution is 0.323. The van der Waals surface area contributed by atoms with Gasteiger partial charge >= 0.3 is 0 Å². The topological polar surface area (TPSA) is 12.0 Å². The third-order valence-electron chi connectivity index (χ3n) is 3.90. The van der Waals surface area contributed by atoms with Crippen molar-refractivity contribution in [2.75, 3.05) is 18.1 Å². The number of nitrogens with one attached hydrogen (secondary N) is 1. The van der Waals surface area contributed by atoms with Crippen LogP contribution in [0.15, 0.2) is 0 Å². The highest BCUT2D eigenvalue weighted by Crippen LogP contribution is 2.31. The molecule has 0 aromatic heterocycles. The summed E-state index contributed by atoms with van der Waals surface area (Å²) in [7, 11) is 0. The first-order valence-corrected chi connectivity index (χ1v) is 7.27. The first kappa shape index (κ1) is 10.8. The Labute approximate surface area is 92.4 Å². The van der Waals surface area contributed by atoms with E-state index in [1.165, 1.54) is 56.6 Å². The van der Waals surface area contributed by atoms with E-state index in [4.69, 9.17) is 0 Å². The summed E-state index contributed by atoms with van der Waals surface area (Å²) in [5.74, 6) is 3.86. The molecule has 2 saturated heterocycles. The Balaban J connectivity index is 1.70. The largest absolute Gasteiger partial charge is 0.312 e. The van der Waals surface area contributed by atoms with Crippen LogP contribution in [0.5, 0.6) is 0 Å². The monoisotopic (exact) mass is 213 g/mol. The Bertz CT molecular complexity index is 169. The van der Waals surface area contributed by atoms with E-state index in [0.717, 1.165) is 5.92 Å². The summed E-state index contributed by atoms with van der Waals surface area (Å²) >= 11 is 2.14. The van der Waals surface area contributed by atoms with Crippen LogP contribution < -0.4 is 5.32 Å². The SMILES string of the molecule is CC1(CCC2CCSCC2)CCCN1. The summed E-state index contributed by atoms with van der Waals surface area (Å²) < 4.78 is 0. The molecule has 0 amide bonds. The molecule has 1 unspecified atom stereocenters. The number of hydrogen-bond acceptors (Lipinski definition) is 2. The van der Waals surface area contributed by atoms with Gasteiger partial charge in [-0.25, -0.2) is 0 Å². The standard InChI is InChI=1S/C12H23NS/c1-12(6-2-8-13-12)7-3-11-4-9-14-10-5-11/h11,13H,2-10H2,1H3. The van der Waals surface area contributed by atoms with Gasteiger partial charge in [0, 0.05) is 5.54 Å². The van der Waals surface area contributed by atoms with Crippen LogP contribution in [0.25, 0.3) is 0 Å². The minimum Gasteiger partial charge on any atom is -0.312 e. The number of hydrogen-bond donors (Lipinski definition) is 1. The van der Waals surface area contributed by atoms with Crippen LogP contribution in [0.2, 0.25) is 0 Å². The van der Waals surface area contributed by atoms with Crippen LogP contribution in [-0.4, -0.2) is 23.6 Å². The van der Waals surface area contributed by atoms with E-state index in [-0.39, 0.29) is 0 Å². The van der Waals surface area contributed by atoms with Gasteiger partial charge in [0.2, 0.25) is 0 Å². The summed E-state index contributed by atoms with van der Waals surface area (Å²) in [6.45, 7) is 3.66. The first-order chi connectivity index (χ1) is 6.79. The highest BCUT2D eigenvalue weighted by molar-refractivity contribution is 7.99. The molecule has 1 nitrogen and oxygen atoms in total. The van der Waals surface area contributed by atoms with Crippen LogP contribution in [-0.2, 0) is 0 Å². The Hall–Kier alpha value is 0.310. The summed E-state index contributed by atoms with van der Waals surface area (Å²) in [5.41, 5.74) is 0.491. The molecule has 0 bridgehead atoms. The number of thioether (sulfide) groups is 1.